The van der Waals surface area contributed by atoms with Crippen molar-refractivity contribution in [1.82, 2.24) is 25.2 Å². The van der Waals surface area contributed by atoms with Crippen molar-refractivity contribution >= 4 is 17.5 Å². The topological polar surface area (TPSA) is 94.6 Å². The number of aromatic nitrogens is 4. The third kappa shape index (κ3) is 4.75. The second-order valence-corrected chi connectivity index (χ2v) is 10.8. The highest BCUT2D eigenvalue weighted by Gasteiger charge is 2.39. The SMILES string of the molecule is CC1=NN(C)C2CC(c3cc(NC4CCC(c5ccn[nH]5)CC4)nc(N4CCOCC4)n3)CCC12. The monoisotopic (exact) mass is 478 g/mol. The molecule has 2 aliphatic carbocycles. The third-order valence-corrected chi connectivity index (χ3v) is 8.64. The molecule has 1 saturated heterocycles. The predicted molar refractivity (Wildman–Crippen MR) is 137 cm³/mol. The number of H-pyrrole nitrogens is 1. The second kappa shape index (κ2) is 9.76. The Morgan fingerprint density at radius 3 is 2.60 bits per heavy atom. The molecule has 3 unspecified atom stereocenters. The van der Waals surface area contributed by atoms with Crippen molar-refractivity contribution in [3.63, 3.8) is 0 Å². The van der Waals surface area contributed by atoms with Gasteiger partial charge in [0.2, 0.25) is 5.95 Å². The van der Waals surface area contributed by atoms with Crippen LogP contribution in [-0.4, -0.2) is 76.3 Å². The molecule has 2 saturated carbocycles. The maximum Gasteiger partial charge on any atom is 0.227 e. The summed E-state index contributed by atoms with van der Waals surface area (Å²) in [6.45, 7) is 5.36. The smallest absolute Gasteiger partial charge is 0.227 e. The molecule has 3 atom stereocenters. The van der Waals surface area contributed by atoms with Gasteiger partial charge in [0.25, 0.3) is 0 Å². The first-order chi connectivity index (χ1) is 17.1. The molecule has 0 spiro atoms. The zero-order valence-electron chi connectivity index (χ0n) is 21.0. The first-order valence-electron chi connectivity index (χ1n) is 13.4. The molecular weight excluding hydrogens is 440 g/mol. The fourth-order valence-electron chi connectivity index (χ4n) is 6.61. The molecular formula is C26H38N8O. The minimum absolute atomic E-state index is 0.444. The summed E-state index contributed by atoms with van der Waals surface area (Å²) in [5.74, 6) is 3.47. The van der Waals surface area contributed by atoms with Gasteiger partial charge in [0.1, 0.15) is 5.82 Å². The van der Waals surface area contributed by atoms with Crippen LogP contribution in [0.2, 0.25) is 0 Å². The summed E-state index contributed by atoms with van der Waals surface area (Å²) in [5, 5.41) is 18.0. The molecule has 0 radical (unpaired) electrons. The van der Waals surface area contributed by atoms with Crippen molar-refractivity contribution in [2.45, 2.75) is 75.8 Å². The van der Waals surface area contributed by atoms with Gasteiger partial charge in [-0.2, -0.15) is 15.2 Å². The molecule has 6 rings (SSSR count). The zero-order valence-corrected chi connectivity index (χ0v) is 21.0. The van der Waals surface area contributed by atoms with Crippen LogP contribution in [0.15, 0.2) is 23.4 Å². The van der Waals surface area contributed by atoms with Gasteiger partial charge in [0, 0.05) is 67.6 Å². The molecule has 2 aromatic heterocycles. The van der Waals surface area contributed by atoms with Crippen LogP contribution in [0.4, 0.5) is 11.8 Å². The van der Waals surface area contributed by atoms with Gasteiger partial charge in [0.05, 0.1) is 24.9 Å². The van der Waals surface area contributed by atoms with Gasteiger partial charge in [0.15, 0.2) is 0 Å². The minimum atomic E-state index is 0.444. The molecule has 188 valence electrons. The van der Waals surface area contributed by atoms with Gasteiger partial charge in [-0.05, 0) is 57.9 Å². The first kappa shape index (κ1) is 22.8. The second-order valence-electron chi connectivity index (χ2n) is 10.8. The number of hydrogen-bond donors (Lipinski definition) is 2. The van der Waals surface area contributed by atoms with E-state index in [2.05, 4.69) is 51.5 Å². The quantitative estimate of drug-likeness (QED) is 0.676. The highest BCUT2D eigenvalue weighted by Crippen LogP contribution is 2.41. The summed E-state index contributed by atoms with van der Waals surface area (Å²) < 4.78 is 5.59. The van der Waals surface area contributed by atoms with Gasteiger partial charge >= 0.3 is 0 Å². The minimum Gasteiger partial charge on any atom is -0.378 e. The average Bonchev–Trinajstić information content (AvgIpc) is 3.53. The fraction of sp³-hybridized carbons (Fsp3) is 0.692. The number of morpholine rings is 1. The summed E-state index contributed by atoms with van der Waals surface area (Å²) in [7, 11) is 2.13. The van der Waals surface area contributed by atoms with Crippen LogP contribution in [0.25, 0.3) is 0 Å². The third-order valence-electron chi connectivity index (χ3n) is 8.64. The molecule has 4 aliphatic rings. The van der Waals surface area contributed by atoms with E-state index in [4.69, 9.17) is 19.8 Å². The lowest BCUT2D eigenvalue weighted by atomic mass is 9.76. The summed E-state index contributed by atoms with van der Waals surface area (Å²) in [5.41, 5.74) is 3.75. The van der Waals surface area contributed by atoms with Crippen LogP contribution in [0.5, 0.6) is 0 Å². The number of aromatic amines is 1. The van der Waals surface area contributed by atoms with Gasteiger partial charge in [-0.25, -0.2) is 4.98 Å². The van der Waals surface area contributed by atoms with E-state index in [0.29, 0.717) is 29.8 Å². The highest BCUT2D eigenvalue weighted by molar-refractivity contribution is 5.86. The molecule has 2 N–H and O–H groups in total. The van der Waals surface area contributed by atoms with E-state index >= 15 is 0 Å². The molecule has 0 amide bonds. The largest absolute Gasteiger partial charge is 0.378 e. The maximum absolute atomic E-state index is 5.59. The predicted octanol–water partition coefficient (Wildman–Crippen LogP) is 3.75. The summed E-state index contributed by atoms with van der Waals surface area (Å²) in [6, 6.07) is 5.29. The van der Waals surface area contributed by atoms with Crippen molar-refractivity contribution in [3.8, 4) is 0 Å². The molecule has 35 heavy (non-hydrogen) atoms. The van der Waals surface area contributed by atoms with Crippen LogP contribution < -0.4 is 10.2 Å². The Hall–Kier alpha value is -2.68. The van der Waals surface area contributed by atoms with Crippen LogP contribution in [0.3, 0.4) is 0 Å². The number of fused-ring (bicyclic) bond motifs is 1. The standard InChI is InChI=1S/C26H38N8O/c1-17-21-8-5-19(15-24(21)33(2)32-17)23-16-25(30-26(29-23)34-11-13-35-14-12-34)28-20-6-3-18(4-7-20)22-9-10-27-31-22/h9-10,16,18-21,24H,3-8,11-15H2,1-2H3,(H,27,31)(H,28,29,30). The summed E-state index contributed by atoms with van der Waals surface area (Å²) in [6.07, 6.45) is 9.95. The Kier molecular flexibility index (Phi) is 6.35. The Morgan fingerprint density at radius 2 is 1.83 bits per heavy atom. The van der Waals surface area contributed by atoms with E-state index in [-0.39, 0.29) is 0 Å². The lowest BCUT2D eigenvalue weighted by Crippen LogP contribution is -2.38. The van der Waals surface area contributed by atoms with E-state index in [1.54, 1.807) is 0 Å². The van der Waals surface area contributed by atoms with Crippen LogP contribution >= 0.6 is 0 Å². The molecule has 0 aromatic carbocycles. The Labute approximate surface area is 207 Å². The molecule has 2 aromatic rings. The Bertz CT molecular complexity index is 1030. The number of ether oxygens (including phenoxy) is 1. The van der Waals surface area contributed by atoms with Crippen molar-refractivity contribution in [2.75, 3.05) is 43.6 Å². The molecule has 9 nitrogen and oxygen atoms in total. The lowest BCUT2D eigenvalue weighted by molar-refractivity contribution is 0.122. The average molecular weight is 479 g/mol. The number of anilines is 2. The van der Waals surface area contributed by atoms with Crippen molar-refractivity contribution in [1.29, 1.82) is 0 Å². The Balaban J connectivity index is 1.19. The van der Waals surface area contributed by atoms with E-state index in [0.717, 1.165) is 63.8 Å². The van der Waals surface area contributed by atoms with E-state index in [9.17, 15) is 0 Å². The van der Waals surface area contributed by atoms with Gasteiger partial charge in [-0.3, -0.25) is 10.1 Å². The summed E-state index contributed by atoms with van der Waals surface area (Å²) in [4.78, 5) is 12.4. The lowest BCUT2D eigenvalue weighted by Gasteiger charge is -2.35. The van der Waals surface area contributed by atoms with Gasteiger partial charge in [-0.1, -0.05) is 0 Å². The Morgan fingerprint density at radius 1 is 1.03 bits per heavy atom. The van der Waals surface area contributed by atoms with Crippen LogP contribution in [0.1, 0.15) is 75.1 Å². The van der Waals surface area contributed by atoms with E-state index in [1.165, 1.54) is 36.4 Å². The number of rotatable bonds is 5. The fourth-order valence-corrected chi connectivity index (χ4v) is 6.61. The zero-order chi connectivity index (χ0) is 23.8. The molecule has 0 bridgehead atoms. The van der Waals surface area contributed by atoms with Crippen LogP contribution in [-0.2, 0) is 4.74 Å². The maximum atomic E-state index is 5.59. The van der Waals surface area contributed by atoms with Gasteiger partial charge < -0.3 is 15.0 Å². The van der Waals surface area contributed by atoms with Crippen LogP contribution in [0, 0.1) is 5.92 Å². The van der Waals surface area contributed by atoms with Crippen molar-refractivity contribution < 1.29 is 4.74 Å². The number of nitrogens with zero attached hydrogens (tertiary/aromatic N) is 6. The van der Waals surface area contributed by atoms with E-state index < -0.39 is 0 Å². The summed E-state index contributed by atoms with van der Waals surface area (Å²) >= 11 is 0. The number of nitrogens with one attached hydrogen (secondary N) is 2. The molecule has 2 aliphatic heterocycles. The van der Waals surface area contributed by atoms with Crippen molar-refractivity contribution in [3.05, 3.63) is 29.7 Å². The first-order valence-corrected chi connectivity index (χ1v) is 13.4. The van der Waals surface area contributed by atoms with Gasteiger partial charge in [-0.15, -0.1) is 0 Å². The van der Waals surface area contributed by atoms with E-state index in [1.807, 2.05) is 6.20 Å². The molecule has 4 heterocycles. The molecule has 9 heteroatoms. The molecule has 3 fully saturated rings. The number of hydrazone groups is 1. The highest BCUT2D eigenvalue weighted by atomic mass is 16.5. The number of hydrogen-bond acceptors (Lipinski definition) is 8. The van der Waals surface area contributed by atoms with Crippen molar-refractivity contribution in [2.24, 2.45) is 11.0 Å². The normalized spacial score (nSPS) is 31.3.